The molecule has 19 atom stereocenters. The Morgan fingerprint density at radius 3 is 1.83 bits per heavy atom. The van der Waals surface area contributed by atoms with Crippen LogP contribution in [0.4, 0.5) is 0 Å². The van der Waals surface area contributed by atoms with E-state index in [1.807, 2.05) is 26.8 Å². The van der Waals surface area contributed by atoms with Gasteiger partial charge >= 0.3 is 17.9 Å². The molecule has 4 saturated carbocycles. The van der Waals surface area contributed by atoms with Crippen LogP contribution < -0.4 is 12.3 Å². The summed E-state index contributed by atoms with van der Waals surface area (Å²) in [5, 5.41) is 83.0. The molecule has 14 N–H and O–H groups in total. The van der Waals surface area contributed by atoms with Gasteiger partial charge in [-0.15, -0.1) is 0 Å². The van der Waals surface area contributed by atoms with Crippen LogP contribution >= 0.6 is 0 Å². The molecule has 0 amide bonds. The molecule has 60 heavy (non-hydrogen) atoms. The fourth-order valence-electron chi connectivity index (χ4n) is 13.4. The zero-order valence-corrected chi connectivity index (χ0v) is 35.8. The van der Waals surface area contributed by atoms with Gasteiger partial charge < -0.3 is 72.1 Å². The maximum Gasteiger partial charge on any atom is 0.335 e. The smallest absolute Gasteiger partial charge is 0.335 e. The quantitative estimate of drug-likeness (QED) is 0.164. The van der Waals surface area contributed by atoms with E-state index in [0.717, 1.165) is 37.7 Å². The van der Waals surface area contributed by atoms with Crippen LogP contribution in [0.25, 0.3) is 0 Å². The summed E-state index contributed by atoms with van der Waals surface area (Å²) in [6.45, 7) is 14.8. The Labute approximate surface area is 350 Å². The second-order valence-electron chi connectivity index (χ2n) is 20.6. The van der Waals surface area contributed by atoms with Gasteiger partial charge in [-0.2, -0.15) is 0 Å². The zero-order valence-electron chi connectivity index (χ0n) is 35.8. The highest BCUT2D eigenvalue weighted by atomic mass is 16.8. The van der Waals surface area contributed by atoms with E-state index in [1.165, 1.54) is 0 Å². The third kappa shape index (κ3) is 6.96. The average Bonchev–Trinajstić information content (AvgIpc) is 3.13. The van der Waals surface area contributed by atoms with Crippen molar-refractivity contribution >= 4 is 23.7 Å². The summed E-state index contributed by atoms with van der Waals surface area (Å²) in [5.74, 6) is -4.47. The molecular formula is C42H68N2O16. The molecule has 18 nitrogen and oxygen atoms in total. The number of rotatable bonds is 7. The van der Waals surface area contributed by atoms with E-state index in [0.29, 0.717) is 25.7 Å². The molecule has 7 rings (SSSR count). The van der Waals surface area contributed by atoms with Crippen molar-refractivity contribution in [3.63, 3.8) is 0 Å². The number of carboxylic acid groups (broad SMARTS) is 3. The fraction of sp³-hybridized carbons (Fsp3) is 0.857. The minimum atomic E-state index is -2.05. The number of hydrogen-bond donors (Lipinski definition) is 10. The van der Waals surface area contributed by atoms with Crippen LogP contribution in [0, 0.1) is 50.2 Å². The van der Waals surface area contributed by atoms with E-state index in [2.05, 4.69) is 27.7 Å². The summed E-state index contributed by atoms with van der Waals surface area (Å²) in [7, 11) is 0. The lowest BCUT2D eigenvalue weighted by Gasteiger charge is -2.70. The Hall–Kier alpha value is -2.62. The lowest BCUT2D eigenvalue weighted by atomic mass is 9.33. The van der Waals surface area contributed by atoms with Crippen molar-refractivity contribution < 1.29 is 79.0 Å². The van der Waals surface area contributed by atoms with Crippen LogP contribution in [-0.4, -0.2) is 132 Å². The first-order valence-electron chi connectivity index (χ1n) is 20.7. The van der Waals surface area contributed by atoms with Crippen molar-refractivity contribution in [1.29, 1.82) is 0 Å². The average molecular weight is 857 g/mol. The normalized spacial score (nSPS) is 50.8. The number of allylic oxidation sites excluding steroid dienone is 2. The molecular weight excluding hydrogens is 788 g/mol. The SMILES string of the molecule is CC1(C(=O)O)CCC2(C)CCC3(C)C(=CC(=O)[C@@H]4C5(C)CCC(O[C@H]6OC(C(=O)O)C(O)C(O)C6O[C@@H]6OC(C(=O)O)C(O)C(O)C6O)C(C)(C)[C@@H]5CCC43C)[C@H]2C1.N.N. The first kappa shape index (κ1) is 48.4. The number of carbonyl (C=O) groups is 4. The Morgan fingerprint density at radius 1 is 0.683 bits per heavy atom. The van der Waals surface area contributed by atoms with E-state index >= 15 is 0 Å². The standard InChI is InChI=1S/C42H62O16.2H3N/c1-37(2)21-8-11-42(7)31(20(43)16-18-19-17-39(4,36(53)54)13-12-38(19,3)14-15-41(18,42)6)40(21,5)10-9-22(37)55-35-30(26(47)25(46)29(57-35)33(51)52)58-34-27(48)23(44)24(45)28(56-34)32(49)50;;/h16,19,21-31,34-35,44-48H,8-15,17H2,1-7H3,(H,49,50)(H,51,52)(H,53,54);2*1H3/t19-,21+,22?,23?,24?,25?,26?,27?,28?,29?,30?,31-,34+,35+,38?,39?,40?,41?,42?;;/m1../s1. The van der Waals surface area contributed by atoms with Crippen LogP contribution in [0.3, 0.4) is 0 Å². The molecule has 14 unspecified atom stereocenters. The lowest BCUT2D eigenvalue weighted by Crippen LogP contribution is -2.68. The first-order valence-corrected chi connectivity index (χ1v) is 20.7. The number of ketones is 1. The zero-order chi connectivity index (χ0) is 42.9. The number of hydrogen-bond acceptors (Lipinski definition) is 15. The minimum Gasteiger partial charge on any atom is -0.481 e. The number of aliphatic hydroxyl groups excluding tert-OH is 5. The number of aliphatic hydroxyl groups is 5. The Bertz CT molecular complexity index is 1740. The largest absolute Gasteiger partial charge is 0.481 e. The van der Waals surface area contributed by atoms with E-state index in [9.17, 15) is 60.0 Å². The molecule has 2 heterocycles. The van der Waals surface area contributed by atoms with Crippen LogP contribution in [0.1, 0.15) is 106 Å². The van der Waals surface area contributed by atoms with Crippen LogP contribution in [0.5, 0.6) is 0 Å². The summed E-state index contributed by atoms with van der Waals surface area (Å²) < 4.78 is 23.4. The van der Waals surface area contributed by atoms with Crippen LogP contribution in [0.2, 0.25) is 0 Å². The third-order valence-corrected chi connectivity index (χ3v) is 17.2. The van der Waals surface area contributed by atoms with Crippen molar-refractivity contribution in [1.82, 2.24) is 12.3 Å². The molecule has 2 aliphatic heterocycles. The summed E-state index contributed by atoms with van der Waals surface area (Å²) in [5.41, 5.74) is -1.81. The van der Waals surface area contributed by atoms with Gasteiger partial charge in [0, 0.05) is 5.92 Å². The Kier molecular flexibility index (Phi) is 12.8. The van der Waals surface area contributed by atoms with Gasteiger partial charge in [-0.25, -0.2) is 9.59 Å². The topological polar surface area (TPSA) is 337 Å². The van der Waals surface area contributed by atoms with Crippen LogP contribution in [0.15, 0.2) is 11.6 Å². The first-order chi connectivity index (χ1) is 26.8. The van der Waals surface area contributed by atoms with Crippen molar-refractivity contribution in [3.05, 3.63) is 11.6 Å². The highest BCUT2D eigenvalue weighted by Gasteiger charge is 2.71. The number of ether oxygens (including phenoxy) is 4. The van der Waals surface area contributed by atoms with E-state index in [1.54, 1.807) is 0 Å². The molecule has 5 aliphatic carbocycles. The highest BCUT2D eigenvalue weighted by Crippen LogP contribution is 2.75. The Morgan fingerprint density at radius 2 is 1.25 bits per heavy atom. The molecule has 6 fully saturated rings. The number of fused-ring (bicyclic) bond motifs is 7. The van der Waals surface area contributed by atoms with Gasteiger partial charge in [0.1, 0.15) is 36.6 Å². The maximum absolute atomic E-state index is 14.8. The molecule has 0 radical (unpaired) electrons. The fourth-order valence-corrected chi connectivity index (χ4v) is 13.4. The summed E-state index contributed by atoms with van der Waals surface area (Å²) in [6, 6.07) is 0. The van der Waals surface area contributed by atoms with Gasteiger partial charge in [-0.05, 0) is 110 Å². The summed E-state index contributed by atoms with van der Waals surface area (Å²) in [6.07, 6.45) is -12.2. The lowest BCUT2D eigenvalue weighted by molar-refractivity contribution is -0.371. The van der Waals surface area contributed by atoms with E-state index in [-0.39, 0.29) is 46.7 Å². The molecule has 0 spiro atoms. The van der Waals surface area contributed by atoms with Crippen molar-refractivity contribution in [3.8, 4) is 0 Å². The van der Waals surface area contributed by atoms with Gasteiger partial charge in [0.15, 0.2) is 30.6 Å². The van der Waals surface area contributed by atoms with Gasteiger partial charge in [-0.1, -0.05) is 47.1 Å². The number of aliphatic carboxylic acids is 3. The molecule has 0 bridgehead atoms. The second kappa shape index (κ2) is 15.9. The predicted octanol–water partition coefficient (Wildman–Crippen LogP) is 2.57. The number of carboxylic acids is 3. The monoisotopic (exact) mass is 856 g/mol. The van der Waals surface area contributed by atoms with Gasteiger partial charge in [0.2, 0.25) is 0 Å². The summed E-state index contributed by atoms with van der Waals surface area (Å²) in [4.78, 5) is 51.3. The van der Waals surface area contributed by atoms with Crippen molar-refractivity contribution in [2.45, 2.75) is 174 Å². The van der Waals surface area contributed by atoms with Gasteiger partial charge in [0.05, 0.1) is 11.5 Å². The minimum absolute atomic E-state index is 0. The highest BCUT2D eigenvalue weighted by molar-refractivity contribution is 5.95. The van der Waals surface area contributed by atoms with Gasteiger partial charge in [-0.3, -0.25) is 9.59 Å². The number of carbonyl (C=O) groups excluding carboxylic acids is 1. The van der Waals surface area contributed by atoms with E-state index in [4.69, 9.17) is 18.9 Å². The van der Waals surface area contributed by atoms with Crippen molar-refractivity contribution in [2.75, 3.05) is 0 Å². The molecule has 342 valence electrons. The van der Waals surface area contributed by atoms with Crippen LogP contribution in [-0.2, 0) is 38.1 Å². The van der Waals surface area contributed by atoms with Crippen molar-refractivity contribution in [2.24, 2.45) is 50.2 Å². The Balaban J connectivity index is 0.00000341. The third-order valence-electron chi connectivity index (χ3n) is 17.2. The molecule has 2 saturated heterocycles. The molecule has 0 aromatic heterocycles. The van der Waals surface area contributed by atoms with E-state index < -0.39 is 107 Å². The summed E-state index contributed by atoms with van der Waals surface area (Å²) >= 11 is 0. The molecule has 0 aromatic carbocycles. The second-order valence-corrected chi connectivity index (χ2v) is 20.6. The maximum atomic E-state index is 14.8. The molecule has 18 heteroatoms. The molecule has 7 aliphatic rings. The predicted molar refractivity (Wildman–Crippen MR) is 209 cm³/mol. The molecule has 0 aromatic rings. The van der Waals surface area contributed by atoms with Gasteiger partial charge in [0.25, 0.3) is 0 Å².